The van der Waals surface area contributed by atoms with E-state index in [9.17, 15) is 0 Å². The van der Waals surface area contributed by atoms with Crippen LogP contribution in [0.25, 0.3) is 10.9 Å². The van der Waals surface area contributed by atoms with Gasteiger partial charge in [-0.1, -0.05) is 49.4 Å². The zero-order valence-corrected chi connectivity index (χ0v) is 12.5. The van der Waals surface area contributed by atoms with Gasteiger partial charge in [-0.25, -0.2) is 0 Å². The molecule has 2 N–H and O–H groups in total. The molecule has 0 aliphatic heterocycles. The molecule has 2 unspecified atom stereocenters. The summed E-state index contributed by atoms with van der Waals surface area (Å²) < 4.78 is 2.02. The highest BCUT2D eigenvalue weighted by Gasteiger charge is 2.18. The monoisotopic (exact) mass is 279 g/mol. The Bertz CT molecular complexity index is 728. The lowest BCUT2D eigenvalue weighted by Gasteiger charge is -2.22. The molecular weight excluding hydrogens is 258 g/mol. The molecule has 0 aliphatic rings. The standard InChI is InChI=1S/C18H21N3/c1-3-14-8-10-15(11-9-14)18(19)13(2)21-17-7-5-4-6-16(17)12-20-21/h4-13,18H,3,19H2,1-2H3. The van der Waals surface area contributed by atoms with Gasteiger partial charge in [0.25, 0.3) is 0 Å². The van der Waals surface area contributed by atoms with Gasteiger partial charge in [-0.2, -0.15) is 5.10 Å². The summed E-state index contributed by atoms with van der Waals surface area (Å²) in [5, 5.41) is 5.66. The summed E-state index contributed by atoms with van der Waals surface area (Å²) in [6.07, 6.45) is 2.95. The number of aryl methyl sites for hydroxylation is 1. The van der Waals surface area contributed by atoms with Crippen molar-refractivity contribution in [1.29, 1.82) is 0 Å². The Balaban J connectivity index is 1.91. The van der Waals surface area contributed by atoms with E-state index in [0.717, 1.165) is 22.9 Å². The molecule has 0 spiro atoms. The number of para-hydroxylation sites is 1. The topological polar surface area (TPSA) is 43.8 Å². The van der Waals surface area contributed by atoms with Crippen molar-refractivity contribution in [3.8, 4) is 0 Å². The molecule has 1 aromatic heterocycles. The second-order valence-electron chi connectivity index (χ2n) is 5.51. The normalized spacial score (nSPS) is 14.2. The molecule has 108 valence electrons. The Labute approximate surface area is 125 Å². The van der Waals surface area contributed by atoms with Gasteiger partial charge in [-0.3, -0.25) is 4.68 Å². The van der Waals surface area contributed by atoms with Gasteiger partial charge in [-0.15, -0.1) is 0 Å². The summed E-state index contributed by atoms with van der Waals surface area (Å²) in [5.41, 5.74) is 10.1. The fraction of sp³-hybridized carbons (Fsp3) is 0.278. The van der Waals surface area contributed by atoms with Gasteiger partial charge in [0, 0.05) is 5.39 Å². The third-order valence-corrected chi connectivity index (χ3v) is 4.18. The van der Waals surface area contributed by atoms with Crippen molar-refractivity contribution in [3.05, 3.63) is 65.9 Å². The van der Waals surface area contributed by atoms with Gasteiger partial charge in [0.15, 0.2) is 0 Å². The molecule has 3 aromatic rings. The highest BCUT2D eigenvalue weighted by Crippen LogP contribution is 2.27. The molecule has 21 heavy (non-hydrogen) atoms. The maximum absolute atomic E-state index is 6.45. The second kappa shape index (κ2) is 5.70. The Morgan fingerprint density at radius 1 is 1.10 bits per heavy atom. The maximum atomic E-state index is 6.45. The number of hydrogen-bond acceptors (Lipinski definition) is 2. The first-order valence-electron chi connectivity index (χ1n) is 7.47. The molecule has 0 radical (unpaired) electrons. The van der Waals surface area contributed by atoms with Crippen LogP contribution in [-0.4, -0.2) is 9.78 Å². The molecule has 1 heterocycles. The summed E-state index contributed by atoms with van der Waals surface area (Å²) in [7, 11) is 0. The molecule has 0 amide bonds. The van der Waals surface area contributed by atoms with Crippen molar-refractivity contribution in [2.45, 2.75) is 32.4 Å². The molecule has 0 fully saturated rings. The minimum Gasteiger partial charge on any atom is -0.322 e. The summed E-state index contributed by atoms with van der Waals surface area (Å²) >= 11 is 0. The van der Waals surface area contributed by atoms with E-state index in [0.29, 0.717) is 0 Å². The molecular formula is C18H21N3. The minimum atomic E-state index is -0.0702. The first-order valence-corrected chi connectivity index (χ1v) is 7.47. The molecule has 2 atom stereocenters. The smallest absolute Gasteiger partial charge is 0.0690 e. The maximum Gasteiger partial charge on any atom is 0.0690 e. The van der Waals surface area contributed by atoms with Gasteiger partial charge in [0.05, 0.1) is 23.8 Å². The zero-order valence-electron chi connectivity index (χ0n) is 12.5. The highest BCUT2D eigenvalue weighted by molar-refractivity contribution is 5.78. The van der Waals surface area contributed by atoms with Crippen molar-refractivity contribution in [1.82, 2.24) is 9.78 Å². The van der Waals surface area contributed by atoms with E-state index in [1.807, 2.05) is 23.0 Å². The number of rotatable bonds is 4. The number of benzene rings is 2. The lowest BCUT2D eigenvalue weighted by atomic mass is 9.99. The number of fused-ring (bicyclic) bond motifs is 1. The van der Waals surface area contributed by atoms with Gasteiger partial charge >= 0.3 is 0 Å². The number of aromatic nitrogens is 2. The lowest BCUT2D eigenvalue weighted by molar-refractivity contribution is 0.426. The molecule has 0 saturated heterocycles. The van der Waals surface area contributed by atoms with E-state index in [2.05, 4.69) is 55.3 Å². The lowest BCUT2D eigenvalue weighted by Crippen LogP contribution is -2.23. The number of nitrogens with zero attached hydrogens (tertiary/aromatic N) is 2. The fourth-order valence-corrected chi connectivity index (χ4v) is 2.72. The van der Waals surface area contributed by atoms with Crippen LogP contribution in [0.4, 0.5) is 0 Å². The summed E-state index contributed by atoms with van der Waals surface area (Å²) in [6, 6.07) is 16.8. The van der Waals surface area contributed by atoms with Crippen LogP contribution >= 0.6 is 0 Å². The molecule has 3 heteroatoms. The van der Waals surface area contributed by atoms with Crippen LogP contribution in [-0.2, 0) is 6.42 Å². The fourth-order valence-electron chi connectivity index (χ4n) is 2.72. The number of hydrogen-bond donors (Lipinski definition) is 1. The molecule has 0 saturated carbocycles. The predicted octanol–water partition coefficient (Wildman–Crippen LogP) is 3.86. The van der Waals surface area contributed by atoms with Crippen molar-refractivity contribution >= 4 is 10.9 Å². The summed E-state index contributed by atoms with van der Waals surface area (Å²) in [6.45, 7) is 4.28. The first-order chi connectivity index (χ1) is 10.2. The molecule has 3 rings (SSSR count). The van der Waals surface area contributed by atoms with Crippen LogP contribution in [0.1, 0.15) is 37.1 Å². The minimum absolute atomic E-state index is 0.0702. The van der Waals surface area contributed by atoms with E-state index >= 15 is 0 Å². The Kier molecular flexibility index (Phi) is 3.76. The third-order valence-electron chi connectivity index (χ3n) is 4.18. The largest absolute Gasteiger partial charge is 0.322 e. The molecule has 0 aliphatic carbocycles. The molecule has 3 nitrogen and oxygen atoms in total. The summed E-state index contributed by atoms with van der Waals surface area (Å²) in [4.78, 5) is 0. The highest BCUT2D eigenvalue weighted by atomic mass is 15.3. The molecule has 0 bridgehead atoms. The Morgan fingerprint density at radius 2 is 1.81 bits per heavy atom. The van der Waals surface area contributed by atoms with Crippen LogP contribution in [0.2, 0.25) is 0 Å². The van der Waals surface area contributed by atoms with Crippen molar-refractivity contribution in [2.24, 2.45) is 5.73 Å². The van der Waals surface area contributed by atoms with Crippen LogP contribution in [0, 0.1) is 0 Å². The van der Waals surface area contributed by atoms with Gasteiger partial charge in [-0.05, 0) is 30.5 Å². The third kappa shape index (κ3) is 2.57. The van der Waals surface area contributed by atoms with E-state index in [1.54, 1.807) is 0 Å². The number of nitrogens with two attached hydrogens (primary N) is 1. The van der Waals surface area contributed by atoms with E-state index in [4.69, 9.17) is 5.73 Å². The zero-order chi connectivity index (χ0) is 14.8. The van der Waals surface area contributed by atoms with Crippen molar-refractivity contribution < 1.29 is 0 Å². The van der Waals surface area contributed by atoms with Crippen LogP contribution in [0.15, 0.2) is 54.7 Å². The predicted molar refractivity (Wildman–Crippen MR) is 87.2 cm³/mol. The van der Waals surface area contributed by atoms with E-state index in [1.165, 1.54) is 5.56 Å². The van der Waals surface area contributed by atoms with E-state index in [-0.39, 0.29) is 12.1 Å². The average Bonchev–Trinajstić information content (AvgIpc) is 2.97. The average molecular weight is 279 g/mol. The van der Waals surface area contributed by atoms with Gasteiger partial charge in [0.2, 0.25) is 0 Å². The molecule has 2 aromatic carbocycles. The SMILES string of the molecule is CCc1ccc(C(N)C(C)n2ncc3ccccc32)cc1. The summed E-state index contributed by atoms with van der Waals surface area (Å²) in [5.74, 6) is 0. The van der Waals surface area contributed by atoms with Crippen LogP contribution < -0.4 is 5.73 Å². The van der Waals surface area contributed by atoms with Crippen LogP contribution in [0.3, 0.4) is 0 Å². The van der Waals surface area contributed by atoms with Gasteiger partial charge < -0.3 is 5.73 Å². The first kappa shape index (κ1) is 13.8. The van der Waals surface area contributed by atoms with E-state index < -0.39 is 0 Å². The van der Waals surface area contributed by atoms with Crippen LogP contribution in [0.5, 0.6) is 0 Å². The van der Waals surface area contributed by atoms with Gasteiger partial charge in [0.1, 0.15) is 0 Å². The Morgan fingerprint density at radius 3 is 2.52 bits per heavy atom. The van der Waals surface area contributed by atoms with Crippen molar-refractivity contribution in [3.63, 3.8) is 0 Å². The Hall–Kier alpha value is -2.13. The van der Waals surface area contributed by atoms with Crippen molar-refractivity contribution in [2.75, 3.05) is 0 Å². The second-order valence-corrected chi connectivity index (χ2v) is 5.51. The quantitative estimate of drug-likeness (QED) is 0.788.